The Morgan fingerprint density at radius 3 is 2.95 bits per heavy atom. The zero-order chi connectivity index (χ0) is 13.5. The van der Waals surface area contributed by atoms with Crippen LogP contribution in [0.5, 0.6) is 0 Å². The van der Waals surface area contributed by atoms with Gasteiger partial charge in [0.25, 0.3) is 0 Å². The van der Waals surface area contributed by atoms with Gasteiger partial charge in [0.15, 0.2) is 0 Å². The van der Waals surface area contributed by atoms with E-state index in [4.69, 9.17) is 9.26 Å². The summed E-state index contributed by atoms with van der Waals surface area (Å²) in [6.07, 6.45) is 5.99. The van der Waals surface area contributed by atoms with Gasteiger partial charge in [0.05, 0.1) is 24.5 Å². The molecule has 0 aromatic carbocycles. The Kier molecular flexibility index (Phi) is 5.82. The van der Waals surface area contributed by atoms with Crippen LogP contribution in [-0.2, 0) is 11.3 Å². The molecule has 1 aliphatic rings. The molecule has 0 amide bonds. The molecule has 0 spiro atoms. The Hall–Kier alpha value is -0.910. The smallest absolute Gasteiger partial charge is 0.133 e. The minimum absolute atomic E-state index is 0.349. The highest BCUT2D eigenvalue weighted by atomic mass is 16.5. The average Bonchev–Trinajstić information content (AvgIpc) is 2.83. The quantitative estimate of drug-likeness (QED) is 0.789. The normalized spacial score (nSPS) is 18.6. The van der Waals surface area contributed by atoms with Gasteiger partial charge in [-0.1, -0.05) is 24.4 Å². The second kappa shape index (κ2) is 7.62. The zero-order valence-corrected chi connectivity index (χ0v) is 11.6. The highest BCUT2D eigenvalue weighted by Gasteiger charge is 2.15. The fourth-order valence-electron chi connectivity index (χ4n) is 2.41. The molecule has 1 heterocycles. The predicted molar refractivity (Wildman–Crippen MR) is 71.8 cm³/mol. The van der Waals surface area contributed by atoms with Crippen molar-refractivity contribution in [3.63, 3.8) is 0 Å². The highest BCUT2D eigenvalue weighted by Crippen LogP contribution is 2.20. The van der Waals surface area contributed by atoms with Crippen LogP contribution >= 0.6 is 0 Å². The van der Waals surface area contributed by atoms with Crippen LogP contribution in [-0.4, -0.2) is 35.6 Å². The lowest BCUT2D eigenvalue weighted by Gasteiger charge is -2.23. The molecular formula is C14H24N2O3. The van der Waals surface area contributed by atoms with Crippen LogP contribution in [0.3, 0.4) is 0 Å². The molecule has 1 fully saturated rings. The van der Waals surface area contributed by atoms with Crippen LogP contribution in [0.2, 0.25) is 0 Å². The van der Waals surface area contributed by atoms with Crippen LogP contribution in [0.25, 0.3) is 0 Å². The van der Waals surface area contributed by atoms with E-state index >= 15 is 0 Å². The van der Waals surface area contributed by atoms with Crippen molar-refractivity contribution >= 4 is 0 Å². The molecule has 19 heavy (non-hydrogen) atoms. The number of aliphatic hydroxyl groups is 1. The average molecular weight is 268 g/mol. The number of nitrogens with zero attached hydrogens (tertiary/aromatic N) is 1. The molecule has 0 radical (unpaired) electrons. The Morgan fingerprint density at radius 2 is 2.26 bits per heavy atom. The zero-order valence-electron chi connectivity index (χ0n) is 11.6. The standard InChI is InChI=1S/C14H24N2O3/c1-11-7-12(16-19-11)8-15-9-13(17)10-18-14-5-3-2-4-6-14/h7,13-15,17H,2-6,8-10H2,1H3. The lowest BCUT2D eigenvalue weighted by molar-refractivity contribution is -0.0230. The first kappa shape index (κ1) is 14.5. The van der Waals surface area contributed by atoms with Gasteiger partial charge in [0.1, 0.15) is 5.76 Å². The lowest BCUT2D eigenvalue weighted by atomic mass is 9.98. The van der Waals surface area contributed by atoms with E-state index in [0.29, 0.717) is 25.8 Å². The van der Waals surface area contributed by atoms with Gasteiger partial charge in [0, 0.05) is 19.2 Å². The summed E-state index contributed by atoms with van der Waals surface area (Å²) >= 11 is 0. The summed E-state index contributed by atoms with van der Waals surface area (Å²) in [5.41, 5.74) is 0.859. The third-order valence-electron chi connectivity index (χ3n) is 3.44. The molecule has 108 valence electrons. The minimum atomic E-state index is -0.463. The van der Waals surface area contributed by atoms with Gasteiger partial charge >= 0.3 is 0 Å². The number of hydrogen-bond donors (Lipinski definition) is 2. The van der Waals surface area contributed by atoms with E-state index in [-0.39, 0.29) is 0 Å². The third kappa shape index (κ3) is 5.30. The van der Waals surface area contributed by atoms with Gasteiger partial charge in [-0.3, -0.25) is 0 Å². The van der Waals surface area contributed by atoms with Gasteiger partial charge < -0.3 is 19.7 Å². The Bertz CT molecular complexity index is 361. The second-order valence-corrected chi connectivity index (χ2v) is 5.31. The molecule has 0 aliphatic heterocycles. The molecule has 2 rings (SSSR count). The first-order valence-electron chi connectivity index (χ1n) is 7.16. The van der Waals surface area contributed by atoms with Crippen molar-refractivity contribution in [2.45, 2.75) is 57.8 Å². The van der Waals surface area contributed by atoms with Crippen molar-refractivity contribution in [2.24, 2.45) is 0 Å². The Balaban J connectivity index is 1.55. The van der Waals surface area contributed by atoms with Crippen LogP contribution in [0, 0.1) is 6.92 Å². The number of nitrogens with one attached hydrogen (secondary N) is 1. The van der Waals surface area contributed by atoms with E-state index in [1.807, 2.05) is 13.0 Å². The fourth-order valence-corrected chi connectivity index (χ4v) is 2.41. The molecular weight excluding hydrogens is 244 g/mol. The van der Waals surface area contributed by atoms with Crippen molar-refractivity contribution in [3.05, 3.63) is 17.5 Å². The second-order valence-electron chi connectivity index (χ2n) is 5.31. The van der Waals surface area contributed by atoms with E-state index in [1.165, 1.54) is 19.3 Å². The third-order valence-corrected chi connectivity index (χ3v) is 3.44. The topological polar surface area (TPSA) is 67.5 Å². The van der Waals surface area contributed by atoms with Gasteiger partial charge in [-0.25, -0.2) is 0 Å². The number of aromatic nitrogens is 1. The molecule has 2 N–H and O–H groups in total. The fraction of sp³-hybridized carbons (Fsp3) is 0.786. The van der Waals surface area contributed by atoms with Gasteiger partial charge in [-0.2, -0.15) is 0 Å². The van der Waals surface area contributed by atoms with Crippen molar-refractivity contribution in [1.29, 1.82) is 0 Å². The number of aliphatic hydroxyl groups excluding tert-OH is 1. The van der Waals surface area contributed by atoms with E-state index in [2.05, 4.69) is 10.5 Å². The molecule has 1 atom stereocenters. The first-order chi connectivity index (χ1) is 9.24. The summed E-state index contributed by atoms with van der Waals surface area (Å²) in [6.45, 7) is 3.40. The molecule has 5 nitrogen and oxygen atoms in total. The van der Waals surface area contributed by atoms with E-state index in [0.717, 1.165) is 24.3 Å². The summed E-state index contributed by atoms with van der Waals surface area (Å²) in [5, 5.41) is 16.9. The first-order valence-corrected chi connectivity index (χ1v) is 7.16. The van der Waals surface area contributed by atoms with E-state index < -0.39 is 6.10 Å². The van der Waals surface area contributed by atoms with E-state index in [9.17, 15) is 5.11 Å². The van der Waals surface area contributed by atoms with Gasteiger partial charge in [-0.15, -0.1) is 0 Å². The highest BCUT2D eigenvalue weighted by molar-refractivity contribution is 5.02. The summed E-state index contributed by atoms with van der Waals surface area (Å²) < 4.78 is 10.7. The molecule has 1 aromatic rings. The number of aryl methyl sites for hydroxylation is 1. The summed E-state index contributed by atoms with van der Waals surface area (Å²) in [5.74, 6) is 0.804. The molecule has 5 heteroatoms. The molecule has 0 saturated heterocycles. The monoisotopic (exact) mass is 268 g/mol. The maximum absolute atomic E-state index is 9.83. The minimum Gasteiger partial charge on any atom is -0.389 e. The molecule has 1 aromatic heterocycles. The molecule has 1 unspecified atom stereocenters. The molecule has 1 aliphatic carbocycles. The SMILES string of the molecule is Cc1cc(CNCC(O)COC2CCCCC2)no1. The van der Waals surface area contributed by atoms with Crippen molar-refractivity contribution < 1.29 is 14.4 Å². The largest absolute Gasteiger partial charge is 0.389 e. The van der Waals surface area contributed by atoms with E-state index in [1.54, 1.807) is 0 Å². The van der Waals surface area contributed by atoms with Crippen LogP contribution in [0.15, 0.2) is 10.6 Å². The van der Waals surface area contributed by atoms with Gasteiger partial charge in [0.2, 0.25) is 0 Å². The summed E-state index contributed by atoms with van der Waals surface area (Å²) in [7, 11) is 0. The van der Waals surface area contributed by atoms with Crippen LogP contribution < -0.4 is 5.32 Å². The summed E-state index contributed by atoms with van der Waals surface area (Å²) in [6, 6.07) is 1.89. The van der Waals surface area contributed by atoms with Crippen molar-refractivity contribution in [3.8, 4) is 0 Å². The Labute approximate surface area is 114 Å². The lowest BCUT2D eigenvalue weighted by Crippen LogP contribution is -2.32. The van der Waals surface area contributed by atoms with Crippen molar-refractivity contribution in [1.82, 2.24) is 10.5 Å². The Morgan fingerprint density at radius 1 is 1.47 bits per heavy atom. The molecule has 1 saturated carbocycles. The van der Waals surface area contributed by atoms with Crippen molar-refractivity contribution in [2.75, 3.05) is 13.2 Å². The summed E-state index contributed by atoms with van der Waals surface area (Å²) in [4.78, 5) is 0. The van der Waals surface area contributed by atoms with Crippen LogP contribution in [0.4, 0.5) is 0 Å². The molecule has 0 bridgehead atoms. The maximum atomic E-state index is 9.83. The predicted octanol–water partition coefficient (Wildman–Crippen LogP) is 1.78. The number of ether oxygens (including phenoxy) is 1. The number of rotatable bonds is 7. The number of hydrogen-bond acceptors (Lipinski definition) is 5. The van der Waals surface area contributed by atoms with Crippen LogP contribution in [0.1, 0.15) is 43.6 Å². The maximum Gasteiger partial charge on any atom is 0.133 e. The van der Waals surface area contributed by atoms with Gasteiger partial charge in [-0.05, 0) is 19.8 Å².